The van der Waals surface area contributed by atoms with Crippen LogP contribution in [0.1, 0.15) is 36.3 Å². The number of thiol groups is 1. The average molecular weight is 446 g/mol. The number of imide groups is 1. The number of rotatable bonds is 6. The summed E-state index contributed by atoms with van der Waals surface area (Å²) in [5.74, 6) is -1.32. The minimum absolute atomic E-state index is 0.0908. The molecule has 164 valence electrons. The van der Waals surface area contributed by atoms with Crippen molar-refractivity contribution in [1.82, 2.24) is 4.90 Å². The summed E-state index contributed by atoms with van der Waals surface area (Å²) in [7, 11) is 0. The van der Waals surface area contributed by atoms with Gasteiger partial charge in [0.05, 0.1) is 12.0 Å². The maximum Gasteiger partial charge on any atom is 0.417 e. The number of hydrogen-bond donors (Lipinski definition) is 1. The van der Waals surface area contributed by atoms with Crippen molar-refractivity contribution in [2.75, 3.05) is 6.61 Å². The second-order valence-electron chi connectivity index (χ2n) is 8.38. The van der Waals surface area contributed by atoms with Crippen LogP contribution in [0.5, 0.6) is 0 Å². The van der Waals surface area contributed by atoms with Crippen LogP contribution >= 0.6 is 12.6 Å². The van der Waals surface area contributed by atoms with Crippen LogP contribution in [0, 0.1) is 5.92 Å². The van der Waals surface area contributed by atoms with Crippen molar-refractivity contribution in [3.63, 3.8) is 0 Å². The van der Waals surface area contributed by atoms with Gasteiger partial charge in [-0.3, -0.25) is 4.79 Å². The number of nitrogens with zero attached hydrogens (tertiary/aromatic N) is 1. The number of ether oxygens (including phenoxy) is 1. The van der Waals surface area contributed by atoms with E-state index in [4.69, 9.17) is 4.74 Å². The maximum atomic E-state index is 13.8. The SMILES string of the molecule is O=C1OC[C@@H](Cc2ccccc2)N1C(=O)C(C[C@H]1C[C@@H](F)[C@@H](F)C1)c1ccc(S)cc1. The molecular formula is C24H25F2NO3S. The van der Waals surface area contributed by atoms with E-state index in [1.54, 1.807) is 24.3 Å². The molecular weight excluding hydrogens is 420 g/mol. The topological polar surface area (TPSA) is 46.6 Å². The average Bonchev–Trinajstić information content (AvgIpc) is 3.28. The Balaban J connectivity index is 1.59. The number of carbonyl (C=O) groups is 2. The highest BCUT2D eigenvalue weighted by Crippen LogP contribution is 2.39. The van der Waals surface area contributed by atoms with E-state index in [2.05, 4.69) is 12.6 Å². The third-order valence-electron chi connectivity index (χ3n) is 6.18. The number of benzene rings is 2. The Morgan fingerprint density at radius 1 is 1.06 bits per heavy atom. The van der Waals surface area contributed by atoms with Crippen LogP contribution in [-0.2, 0) is 16.0 Å². The Kier molecular flexibility index (Phi) is 6.60. The summed E-state index contributed by atoms with van der Waals surface area (Å²) in [5, 5.41) is 0. The zero-order chi connectivity index (χ0) is 22.0. The van der Waals surface area contributed by atoms with Crippen LogP contribution in [0.2, 0.25) is 0 Å². The van der Waals surface area contributed by atoms with E-state index in [-0.39, 0.29) is 37.7 Å². The summed E-state index contributed by atoms with van der Waals surface area (Å²) >= 11 is 4.29. The van der Waals surface area contributed by atoms with Crippen LogP contribution in [0.15, 0.2) is 59.5 Å². The summed E-state index contributed by atoms with van der Waals surface area (Å²) in [5.41, 5.74) is 1.70. The van der Waals surface area contributed by atoms with Gasteiger partial charge in [0.2, 0.25) is 5.91 Å². The highest BCUT2D eigenvalue weighted by Gasteiger charge is 2.43. The molecule has 1 aliphatic carbocycles. The van der Waals surface area contributed by atoms with Crippen LogP contribution in [0.25, 0.3) is 0 Å². The monoisotopic (exact) mass is 445 g/mol. The molecule has 1 saturated carbocycles. The van der Waals surface area contributed by atoms with E-state index >= 15 is 0 Å². The molecule has 0 radical (unpaired) electrons. The lowest BCUT2D eigenvalue weighted by Gasteiger charge is -2.27. The lowest BCUT2D eigenvalue weighted by atomic mass is 9.86. The fourth-order valence-electron chi connectivity index (χ4n) is 4.58. The van der Waals surface area contributed by atoms with Crippen molar-refractivity contribution in [3.05, 3.63) is 65.7 Å². The van der Waals surface area contributed by atoms with Gasteiger partial charge in [-0.25, -0.2) is 18.5 Å². The Morgan fingerprint density at radius 2 is 1.71 bits per heavy atom. The molecule has 2 aromatic rings. The molecule has 5 atom stereocenters. The number of alkyl halides is 2. The molecule has 0 spiro atoms. The third-order valence-corrected chi connectivity index (χ3v) is 6.48. The summed E-state index contributed by atoms with van der Waals surface area (Å²) in [4.78, 5) is 28.0. The van der Waals surface area contributed by atoms with Gasteiger partial charge in [-0.2, -0.15) is 0 Å². The predicted molar refractivity (Wildman–Crippen MR) is 116 cm³/mol. The van der Waals surface area contributed by atoms with Crippen LogP contribution in [0.4, 0.5) is 13.6 Å². The summed E-state index contributed by atoms with van der Waals surface area (Å²) in [6.07, 6.45) is -2.71. The van der Waals surface area contributed by atoms with Crippen molar-refractivity contribution in [2.24, 2.45) is 5.92 Å². The second kappa shape index (κ2) is 9.39. The van der Waals surface area contributed by atoms with Crippen molar-refractivity contribution in [1.29, 1.82) is 0 Å². The van der Waals surface area contributed by atoms with Crippen LogP contribution in [0.3, 0.4) is 0 Å². The third kappa shape index (κ3) is 4.92. The minimum atomic E-state index is -1.50. The normalized spacial score (nSPS) is 26.7. The Bertz CT molecular complexity index is 914. The minimum Gasteiger partial charge on any atom is -0.447 e. The lowest BCUT2D eigenvalue weighted by Crippen LogP contribution is -2.43. The number of hydrogen-bond acceptors (Lipinski definition) is 4. The molecule has 2 aromatic carbocycles. The quantitative estimate of drug-likeness (QED) is 0.628. The zero-order valence-electron chi connectivity index (χ0n) is 17.0. The van der Waals surface area contributed by atoms with Gasteiger partial charge < -0.3 is 4.74 Å². The predicted octanol–water partition coefficient (Wildman–Crippen LogP) is 5.13. The Labute approximate surface area is 186 Å². The number of halogens is 2. The first-order valence-electron chi connectivity index (χ1n) is 10.5. The maximum absolute atomic E-state index is 13.8. The van der Waals surface area contributed by atoms with Gasteiger partial charge in [0.25, 0.3) is 0 Å². The van der Waals surface area contributed by atoms with Crippen molar-refractivity contribution in [2.45, 2.75) is 54.9 Å². The van der Waals surface area contributed by atoms with Crippen molar-refractivity contribution in [3.8, 4) is 0 Å². The summed E-state index contributed by atoms with van der Waals surface area (Å²) in [6, 6.07) is 16.3. The van der Waals surface area contributed by atoms with E-state index in [0.717, 1.165) is 10.5 Å². The number of carbonyl (C=O) groups excluding carboxylic acids is 2. The van der Waals surface area contributed by atoms with Crippen LogP contribution in [-0.4, -0.2) is 41.9 Å². The highest BCUT2D eigenvalue weighted by atomic mass is 32.1. The fourth-order valence-corrected chi connectivity index (χ4v) is 4.72. The van der Waals surface area contributed by atoms with Crippen molar-refractivity contribution < 1.29 is 23.1 Å². The first-order valence-corrected chi connectivity index (χ1v) is 11.0. The van der Waals surface area contributed by atoms with Gasteiger partial charge in [-0.1, -0.05) is 42.5 Å². The fraction of sp³-hybridized carbons (Fsp3) is 0.417. The number of amides is 2. The van der Waals surface area contributed by atoms with E-state index < -0.39 is 30.4 Å². The van der Waals surface area contributed by atoms with Gasteiger partial charge in [-0.15, -0.1) is 12.6 Å². The largest absolute Gasteiger partial charge is 0.447 e. The van der Waals surface area contributed by atoms with Gasteiger partial charge in [0.1, 0.15) is 19.0 Å². The van der Waals surface area contributed by atoms with Crippen LogP contribution < -0.4 is 0 Å². The molecule has 2 amide bonds. The molecule has 1 aliphatic heterocycles. The molecule has 0 N–H and O–H groups in total. The Hall–Kier alpha value is -2.41. The van der Waals surface area contributed by atoms with Gasteiger partial charge in [0.15, 0.2) is 0 Å². The van der Waals surface area contributed by atoms with E-state index in [0.29, 0.717) is 12.0 Å². The molecule has 0 bridgehead atoms. The molecule has 0 aromatic heterocycles. The first-order chi connectivity index (χ1) is 14.9. The molecule has 2 aliphatic rings. The molecule has 4 rings (SSSR count). The molecule has 1 heterocycles. The smallest absolute Gasteiger partial charge is 0.417 e. The van der Waals surface area contributed by atoms with E-state index in [9.17, 15) is 18.4 Å². The van der Waals surface area contributed by atoms with Crippen molar-refractivity contribution >= 4 is 24.6 Å². The van der Waals surface area contributed by atoms with Gasteiger partial charge in [0, 0.05) is 4.90 Å². The molecule has 2 fully saturated rings. The molecule has 4 nitrogen and oxygen atoms in total. The Morgan fingerprint density at radius 3 is 2.35 bits per heavy atom. The van der Waals surface area contributed by atoms with E-state index in [1.807, 2.05) is 30.3 Å². The molecule has 7 heteroatoms. The molecule has 31 heavy (non-hydrogen) atoms. The number of cyclic esters (lactones) is 1. The van der Waals surface area contributed by atoms with E-state index in [1.165, 1.54) is 4.90 Å². The summed E-state index contributed by atoms with van der Waals surface area (Å²) < 4.78 is 32.8. The molecule has 1 unspecified atom stereocenters. The highest BCUT2D eigenvalue weighted by molar-refractivity contribution is 7.80. The van der Waals surface area contributed by atoms with Gasteiger partial charge in [-0.05, 0) is 54.9 Å². The summed E-state index contributed by atoms with van der Waals surface area (Å²) in [6.45, 7) is 0.129. The molecule has 1 saturated heterocycles. The standard InChI is InChI=1S/C24H25F2NO3S/c25-21-12-16(13-22(21)26)11-20(17-6-8-19(31)9-7-17)23(28)27-18(14-30-24(27)29)10-15-4-2-1-3-5-15/h1-9,16,18,20-22,31H,10-14H2/t16-,18-,20?,21+,22-/m1/s1. The first kappa shape index (κ1) is 21.8. The second-order valence-corrected chi connectivity index (χ2v) is 8.89. The van der Waals surface area contributed by atoms with Gasteiger partial charge >= 0.3 is 6.09 Å². The lowest BCUT2D eigenvalue weighted by molar-refractivity contribution is -0.131. The zero-order valence-corrected chi connectivity index (χ0v) is 17.9.